The molecule has 3 aliphatic rings. The van der Waals surface area contributed by atoms with E-state index in [-0.39, 0.29) is 18.6 Å². The van der Waals surface area contributed by atoms with Crippen LogP contribution < -0.4 is 10.6 Å². The molecule has 0 aromatic carbocycles. The van der Waals surface area contributed by atoms with Gasteiger partial charge in [-0.1, -0.05) is 19.8 Å². The van der Waals surface area contributed by atoms with Gasteiger partial charge in [0.1, 0.15) is 0 Å². The number of carbonyl (C=O) groups excluding carboxylic acids is 4. The van der Waals surface area contributed by atoms with Gasteiger partial charge in [0.2, 0.25) is 5.91 Å². The lowest BCUT2D eigenvalue weighted by Crippen LogP contribution is -2.51. The van der Waals surface area contributed by atoms with Crippen molar-refractivity contribution in [3.63, 3.8) is 0 Å². The molecule has 0 aromatic heterocycles. The van der Waals surface area contributed by atoms with E-state index < -0.39 is 71.8 Å². The van der Waals surface area contributed by atoms with Crippen LogP contribution >= 0.6 is 11.8 Å². The molecule has 2 aliphatic heterocycles. The number of hydrogen-bond acceptors (Lipinski definition) is 9. The van der Waals surface area contributed by atoms with E-state index >= 15 is 0 Å². The maximum absolute atomic E-state index is 13.6. The summed E-state index contributed by atoms with van der Waals surface area (Å²) in [4.78, 5) is 52.6. The minimum Gasteiger partial charge on any atom is -0.466 e. The second kappa shape index (κ2) is 12.2. The Hall–Kier alpha value is -2.06. The van der Waals surface area contributed by atoms with Crippen molar-refractivity contribution in [1.29, 1.82) is 0 Å². The zero-order valence-corrected chi connectivity index (χ0v) is 22.2. The number of esters is 2. The van der Waals surface area contributed by atoms with Gasteiger partial charge in [-0.25, -0.2) is 0 Å². The predicted octanol–water partition coefficient (Wildman–Crippen LogP) is 1.10. The fraction of sp³-hybridized carbons (Fsp3) is 0.826. The number of nitrogens with one attached hydrogen (secondary N) is 2. The van der Waals surface area contributed by atoms with Gasteiger partial charge in [0.15, 0.2) is 12.8 Å². The Kier molecular flexibility index (Phi) is 9.73. The van der Waals surface area contributed by atoms with Gasteiger partial charge in [0, 0.05) is 26.2 Å². The Morgan fingerprint density at radius 2 is 1.81 bits per heavy atom. The van der Waals surface area contributed by atoms with Crippen LogP contribution in [-0.2, 0) is 28.7 Å². The molecular formula is C23H35F3N4O6S. The van der Waals surface area contributed by atoms with Crippen LogP contribution in [0.15, 0.2) is 0 Å². The van der Waals surface area contributed by atoms with E-state index in [2.05, 4.69) is 10.6 Å². The van der Waals surface area contributed by atoms with Crippen LogP contribution in [0.1, 0.15) is 39.5 Å². The van der Waals surface area contributed by atoms with Crippen LogP contribution in [0.25, 0.3) is 0 Å². The van der Waals surface area contributed by atoms with Gasteiger partial charge in [0.05, 0.1) is 29.7 Å². The van der Waals surface area contributed by atoms with E-state index in [9.17, 15) is 32.3 Å². The molecule has 7 unspecified atom stereocenters. The molecule has 10 nitrogen and oxygen atoms in total. The molecule has 2 N–H and O–H groups in total. The number of ether oxygens (including phenoxy) is 2. The van der Waals surface area contributed by atoms with Crippen LogP contribution in [0.3, 0.4) is 0 Å². The first-order valence-corrected chi connectivity index (χ1v) is 13.4. The lowest BCUT2D eigenvalue weighted by molar-refractivity contribution is -0.188. The van der Waals surface area contributed by atoms with Crippen LogP contribution in [0.2, 0.25) is 0 Å². The second-order valence-electron chi connectivity index (χ2n) is 9.82. The number of hydrogen-bond donors (Lipinski definition) is 2. The second-order valence-corrected chi connectivity index (χ2v) is 11.1. The molecule has 0 aromatic rings. The van der Waals surface area contributed by atoms with Crippen LogP contribution in [0, 0.1) is 11.8 Å². The third-order valence-electron chi connectivity index (χ3n) is 7.05. The third-order valence-corrected chi connectivity index (χ3v) is 8.68. The first kappa shape index (κ1) is 29.5. The first-order valence-electron chi connectivity index (χ1n) is 12.4. The number of halogens is 3. The van der Waals surface area contributed by atoms with Gasteiger partial charge in [-0.3, -0.25) is 29.4 Å². The highest BCUT2D eigenvalue weighted by Gasteiger charge is 2.54. The zero-order chi connectivity index (χ0) is 27.5. The van der Waals surface area contributed by atoms with Crippen LogP contribution in [-0.4, -0.2) is 102 Å². The Balaban J connectivity index is 1.59. The van der Waals surface area contributed by atoms with E-state index in [0.29, 0.717) is 12.8 Å². The van der Waals surface area contributed by atoms with E-state index in [0.717, 1.165) is 29.5 Å². The van der Waals surface area contributed by atoms with Crippen molar-refractivity contribution in [2.24, 2.45) is 11.8 Å². The molecule has 1 saturated carbocycles. The Bertz CT molecular complexity index is 876. The van der Waals surface area contributed by atoms with Gasteiger partial charge < -0.3 is 19.7 Å². The summed E-state index contributed by atoms with van der Waals surface area (Å²) in [6.45, 7) is 2.18. The molecule has 0 spiro atoms. The van der Waals surface area contributed by atoms with Gasteiger partial charge in [-0.2, -0.15) is 13.2 Å². The fourth-order valence-corrected chi connectivity index (χ4v) is 7.08. The number of nitrogens with zero attached hydrogens (tertiary/aromatic N) is 2. The average Bonchev–Trinajstić information content (AvgIpc) is 3.35. The summed E-state index contributed by atoms with van der Waals surface area (Å²) in [5.74, 6) is -3.68. The fourth-order valence-electron chi connectivity index (χ4n) is 5.29. The molecule has 3 fully saturated rings. The number of fused-ring (bicyclic) bond motifs is 1. The molecule has 37 heavy (non-hydrogen) atoms. The summed E-state index contributed by atoms with van der Waals surface area (Å²) in [7, 11) is 3.18. The normalized spacial score (nSPS) is 31.9. The van der Waals surface area contributed by atoms with Crippen molar-refractivity contribution < 1.29 is 41.8 Å². The lowest BCUT2D eigenvalue weighted by Gasteiger charge is -2.32. The smallest absolute Gasteiger partial charge is 0.417 e. The molecule has 7 atom stereocenters. The highest BCUT2D eigenvalue weighted by Crippen LogP contribution is 2.43. The molecule has 3 rings (SSSR count). The molecule has 1 aliphatic carbocycles. The van der Waals surface area contributed by atoms with Crippen LogP contribution in [0.5, 0.6) is 0 Å². The highest BCUT2D eigenvalue weighted by atomic mass is 32.2. The van der Waals surface area contributed by atoms with E-state index in [4.69, 9.17) is 9.47 Å². The monoisotopic (exact) mass is 552 g/mol. The van der Waals surface area contributed by atoms with Gasteiger partial charge in [0.25, 0.3) is 5.91 Å². The standard InChI is InChI=1S/C23H35F3N4O6S/c1-5-35-21(34)17-12(2)18(20(33)29(3)4)37-19(17)28-15(31)11-36-16(32)10-30-14-9-7-6-8-13(14)27-22(30)23(24,25)26/h12-14,17-19,22,27H,5-11H2,1-4H3,(H,28,31). The Labute approximate surface area is 218 Å². The highest BCUT2D eigenvalue weighted by molar-refractivity contribution is 8.01. The lowest BCUT2D eigenvalue weighted by atomic mass is 9.90. The average molecular weight is 553 g/mol. The molecule has 2 saturated heterocycles. The number of amides is 2. The zero-order valence-electron chi connectivity index (χ0n) is 21.4. The largest absolute Gasteiger partial charge is 0.466 e. The minimum atomic E-state index is -4.56. The maximum Gasteiger partial charge on any atom is 0.417 e. The van der Waals surface area contributed by atoms with Crippen molar-refractivity contribution in [3.8, 4) is 0 Å². The molecule has 2 heterocycles. The summed E-state index contributed by atoms with van der Waals surface area (Å²) in [5, 5.41) is 3.82. The van der Waals surface area contributed by atoms with Crippen LogP contribution in [0.4, 0.5) is 13.2 Å². The van der Waals surface area contributed by atoms with E-state index in [1.165, 1.54) is 4.90 Å². The maximum atomic E-state index is 13.6. The van der Waals surface area contributed by atoms with Gasteiger partial charge in [-0.05, 0) is 25.7 Å². The molecule has 0 radical (unpaired) electrons. The summed E-state index contributed by atoms with van der Waals surface area (Å²) >= 11 is 1.12. The molecule has 0 bridgehead atoms. The van der Waals surface area contributed by atoms with Crippen molar-refractivity contribution in [1.82, 2.24) is 20.4 Å². The van der Waals surface area contributed by atoms with Gasteiger partial charge in [-0.15, -0.1) is 11.8 Å². The molecular weight excluding hydrogens is 517 g/mol. The molecule has 2 amide bonds. The van der Waals surface area contributed by atoms with Gasteiger partial charge >= 0.3 is 18.1 Å². The number of thioether (sulfide) groups is 1. The SMILES string of the molecule is CCOC(=O)C1C(NC(=O)COC(=O)CN2C3CCCCC3NC2C(F)(F)F)SC(C(=O)N(C)C)C1C. The summed E-state index contributed by atoms with van der Waals surface area (Å²) < 4.78 is 50.9. The molecule has 210 valence electrons. The summed E-state index contributed by atoms with van der Waals surface area (Å²) in [5.41, 5.74) is 0. The summed E-state index contributed by atoms with van der Waals surface area (Å²) in [6.07, 6.45) is -3.78. The predicted molar refractivity (Wildman–Crippen MR) is 128 cm³/mol. The third kappa shape index (κ3) is 6.88. The van der Waals surface area contributed by atoms with Crippen molar-refractivity contribution in [2.75, 3.05) is 33.9 Å². The first-order chi connectivity index (χ1) is 17.3. The topological polar surface area (TPSA) is 117 Å². The quantitative estimate of drug-likeness (QED) is 0.427. The Morgan fingerprint density at radius 3 is 2.43 bits per heavy atom. The van der Waals surface area contributed by atoms with Crippen molar-refractivity contribution in [3.05, 3.63) is 0 Å². The number of carbonyl (C=O) groups is 4. The number of alkyl halides is 3. The summed E-state index contributed by atoms with van der Waals surface area (Å²) in [6, 6.07) is -0.787. The Morgan fingerprint density at radius 1 is 1.14 bits per heavy atom. The van der Waals surface area contributed by atoms with Crippen molar-refractivity contribution >= 4 is 35.5 Å². The van der Waals surface area contributed by atoms with E-state index in [1.807, 2.05) is 0 Å². The number of rotatable bonds is 8. The van der Waals surface area contributed by atoms with E-state index in [1.54, 1.807) is 27.9 Å². The molecule has 14 heteroatoms. The van der Waals surface area contributed by atoms with Crippen molar-refractivity contribution in [2.45, 2.75) is 74.6 Å². The minimum absolute atomic E-state index is 0.128.